The molecule has 2 aliphatic rings. The summed E-state index contributed by atoms with van der Waals surface area (Å²) in [5.41, 5.74) is 0.970. The van der Waals surface area contributed by atoms with E-state index < -0.39 is 9.84 Å². The van der Waals surface area contributed by atoms with Crippen LogP contribution >= 0.6 is 0 Å². The smallest absolute Gasteiger partial charge is 0.224 e. The van der Waals surface area contributed by atoms with Crippen molar-refractivity contribution in [3.8, 4) is 11.6 Å². The average Bonchev–Trinajstić information content (AvgIpc) is 3.49. The third kappa shape index (κ3) is 6.80. The summed E-state index contributed by atoms with van der Waals surface area (Å²) in [6.45, 7) is 3.29. The van der Waals surface area contributed by atoms with Crippen molar-refractivity contribution in [2.45, 2.75) is 50.7 Å². The second-order valence-electron chi connectivity index (χ2n) is 10.5. The van der Waals surface area contributed by atoms with Gasteiger partial charge in [0.2, 0.25) is 5.95 Å². The molecule has 3 heterocycles. The van der Waals surface area contributed by atoms with Gasteiger partial charge in [-0.3, -0.25) is 0 Å². The number of hydrogen-bond acceptors (Lipinski definition) is 8. The van der Waals surface area contributed by atoms with Crippen LogP contribution in [0.15, 0.2) is 42.7 Å². The Kier molecular flexibility index (Phi) is 7.97. The maximum Gasteiger partial charge on any atom is 0.224 e. The number of aliphatic hydroxyl groups is 1. The van der Waals surface area contributed by atoms with Crippen molar-refractivity contribution in [3.63, 3.8) is 0 Å². The molecule has 200 valence electrons. The van der Waals surface area contributed by atoms with Gasteiger partial charge in [0.15, 0.2) is 0 Å². The molecule has 3 aromatic rings. The van der Waals surface area contributed by atoms with Crippen LogP contribution in [-0.2, 0) is 9.84 Å². The molecule has 1 aliphatic carbocycles. The molecule has 37 heavy (non-hydrogen) atoms. The first-order chi connectivity index (χ1) is 17.8. The molecular weight excluding hydrogens is 490 g/mol. The lowest BCUT2D eigenvalue weighted by Crippen LogP contribution is -2.33. The van der Waals surface area contributed by atoms with Gasteiger partial charge in [0.25, 0.3) is 0 Å². The summed E-state index contributed by atoms with van der Waals surface area (Å²) in [5.74, 6) is 2.97. The highest BCUT2D eigenvalue weighted by Crippen LogP contribution is 2.30. The second-order valence-corrected chi connectivity index (χ2v) is 12.8. The molecule has 0 spiro atoms. The monoisotopic (exact) mass is 527 g/mol. The number of β-amino-alcohol motifs (C(OH)–C–C–N with tert-alkyl or cyclic N) is 1. The SMILES string of the molecule is CS(=O)(=O)CCCOc1cccc2c1ccn2-c1ccnc(NC2CCC(CN3CC[C@@H](O)C3)CC2)n1. The molecular formula is C27H37N5O4S. The number of aliphatic hydroxyl groups excluding tert-OH is 1. The minimum Gasteiger partial charge on any atom is -0.493 e. The Bertz CT molecular complexity index is 1300. The summed E-state index contributed by atoms with van der Waals surface area (Å²) < 4.78 is 30.7. The van der Waals surface area contributed by atoms with Crippen molar-refractivity contribution in [1.82, 2.24) is 19.4 Å². The van der Waals surface area contributed by atoms with E-state index in [2.05, 4.69) is 15.2 Å². The van der Waals surface area contributed by atoms with E-state index in [0.717, 1.165) is 61.4 Å². The fourth-order valence-electron chi connectivity index (χ4n) is 5.54. The normalized spacial score (nSPS) is 22.9. The predicted molar refractivity (Wildman–Crippen MR) is 145 cm³/mol. The minimum absolute atomic E-state index is 0.116. The lowest BCUT2D eigenvalue weighted by atomic mass is 9.86. The number of nitrogens with zero attached hydrogens (tertiary/aromatic N) is 4. The standard InChI is InChI=1S/C27H37N5O4S/c1-37(34,35)17-3-16-36-25-5-2-4-24-23(25)12-15-32(24)26-10-13-28-27(30-26)29-21-8-6-20(7-9-21)18-31-14-11-22(33)19-31/h2,4-5,10,12-13,15,20-22,33H,3,6-9,11,14,16-19H2,1H3,(H,28,29,30)/t20?,21?,22-/m1/s1. The molecule has 1 saturated heterocycles. The molecule has 0 unspecified atom stereocenters. The molecule has 0 radical (unpaired) electrons. The maximum atomic E-state index is 11.4. The van der Waals surface area contributed by atoms with E-state index in [0.29, 0.717) is 30.9 Å². The van der Waals surface area contributed by atoms with Gasteiger partial charge >= 0.3 is 0 Å². The fourth-order valence-corrected chi connectivity index (χ4v) is 6.18. The highest BCUT2D eigenvalue weighted by molar-refractivity contribution is 7.90. The topological polar surface area (TPSA) is 110 Å². The van der Waals surface area contributed by atoms with Crippen LogP contribution in [0.1, 0.15) is 38.5 Å². The number of ether oxygens (including phenoxy) is 1. The average molecular weight is 528 g/mol. The summed E-state index contributed by atoms with van der Waals surface area (Å²) in [7, 11) is -2.99. The Morgan fingerprint density at radius 3 is 2.73 bits per heavy atom. The number of sulfone groups is 1. The van der Waals surface area contributed by atoms with Crippen molar-refractivity contribution in [1.29, 1.82) is 0 Å². The molecule has 5 rings (SSSR count). The van der Waals surface area contributed by atoms with Crippen LogP contribution in [0.5, 0.6) is 5.75 Å². The molecule has 10 heteroatoms. The van der Waals surface area contributed by atoms with Gasteiger partial charge in [-0.2, -0.15) is 4.98 Å². The third-order valence-corrected chi connectivity index (χ3v) is 8.47. The van der Waals surface area contributed by atoms with Gasteiger partial charge in [0.05, 0.1) is 24.0 Å². The summed E-state index contributed by atoms with van der Waals surface area (Å²) in [4.78, 5) is 11.7. The zero-order valence-electron chi connectivity index (χ0n) is 21.4. The van der Waals surface area contributed by atoms with Crippen molar-refractivity contribution in [2.24, 2.45) is 5.92 Å². The quantitative estimate of drug-likeness (QED) is 0.387. The number of rotatable bonds is 10. The number of fused-ring (bicyclic) bond motifs is 1. The first-order valence-electron chi connectivity index (χ1n) is 13.2. The zero-order valence-corrected chi connectivity index (χ0v) is 22.2. The second kappa shape index (κ2) is 11.4. The minimum atomic E-state index is -2.99. The van der Waals surface area contributed by atoms with E-state index >= 15 is 0 Å². The summed E-state index contributed by atoms with van der Waals surface area (Å²) >= 11 is 0. The zero-order chi connectivity index (χ0) is 25.8. The van der Waals surface area contributed by atoms with Crippen LogP contribution in [0.25, 0.3) is 16.7 Å². The van der Waals surface area contributed by atoms with Crippen molar-refractivity contribution >= 4 is 26.7 Å². The molecule has 2 fully saturated rings. The Balaban J connectivity index is 1.20. The molecule has 1 saturated carbocycles. The first kappa shape index (κ1) is 25.9. The lowest BCUT2D eigenvalue weighted by molar-refractivity contribution is 0.163. The molecule has 2 aromatic heterocycles. The highest BCUT2D eigenvalue weighted by Gasteiger charge is 2.27. The number of aromatic nitrogens is 3. The highest BCUT2D eigenvalue weighted by atomic mass is 32.2. The van der Waals surface area contributed by atoms with Crippen molar-refractivity contribution in [2.75, 3.05) is 43.6 Å². The van der Waals surface area contributed by atoms with Gasteiger partial charge < -0.3 is 24.6 Å². The van der Waals surface area contributed by atoms with E-state index in [1.54, 1.807) is 6.20 Å². The van der Waals surface area contributed by atoms with Crippen LogP contribution in [0.2, 0.25) is 0 Å². The fraction of sp³-hybridized carbons (Fsp3) is 0.556. The largest absolute Gasteiger partial charge is 0.493 e. The van der Waals surface area contributed by atoms with Gasteiger partial charge in [0, 0.05) is 49.7 Å². The summed E-state index contributed by atoms with van der Waals surface area (Å²) in [5, 5.41) is 14.3. The van der Waals surface area contributed by atoms with Crippen molar-refractivity contribution in [3.05, 3.63) is 42.7 Å². The van der Waals surface area contributed by atoms with Gasteiger partial charge in [-0.25, -0.2) is 13.4 Å². The van der Waals surface area contributed by atoms with E-state index in [1.165, 1.54) is 19.1 Å². The van der Waals surface area contributed by atoms with E-state index in [1.807, 2.05) is 41.1 Å². The van der Waals surface area contributed by atoms with Crippen LogP contribution in [0.3, 0.4) is 0 Å². The first-order valence-corrected chi connectivity index (χ1v) is 15.3. The Morgan fingerprint density at radius 2 is 1.97 bits per heavy atom. The van der Waals surface area contributed by atoms with Gasteiger partial charge in [-0.05, 0) is 68.7 Å². The van der Waals surface area contributed by atoms with E-state index in [9.17, 15) is 13.5 Å². The number of nitrogens with one attached hydrogen (secondary N) is 1. The lowest BCUT2D eigenvalue weighted by Gasteiger charge is -2.31. The van der Waals surface area contributed by atoms with Crippen LogP contribution < -0.4 is 10.1 Å². The molecule has 1 atom stereocenters. The maximum absolute atomic E-state index is 11.4. The Hall–Kier alpha value is -2.69. The molecule has 0 amide bonds. The number of likely N-dealkylation sites (tertiary alicyclic amines) is 1. The molecule has 1 aliphatic heterocycles. The Morgan fingerprint density at radius 1 is 1.14 bits per heavy atom. The molecule has 2 N–H and O–H groups in total. The summed E-state index contributed by atoms with van der Waals surface area (Å²) in [6.07, 6.45) is 10.8. The van der Waals surface area contributed by atoms with Crippen molar-refractivity contribution < 1.29 is 18.3 Å². The third-order valence-electron chi connectivity index (χ3n) is 7.44. The number of anilines is 1. The van der Waals surface area contributed by atoms with Crippen LogP contribution in [-0.4, -0.2) is 83.4 Å². The van der Waals surface area contributed by atoms with Gasteiger partial charge in [-0.1, -0.05) is 6.07 Å². The molecule has 0 bridgehead atoms. The number of hydrogen-bond donors (Lipinski definition) is 2. The predicted octanol–water partition coefficient (Wildman–Crippen LogP) is 3.27. The van der Waals surface area contributed by atoms with Crippen LogP contribution in [0.4, 0.5) is 5.95 Å². The van der Waals surface area contributed by atoms with Crippen LogP contribution in [0, 0.1) is 5.92 Å². The molecule has 9 nitrogen and oxygen atoms in total. The summed E-state index contributed by atoms with van der Waals surface area (Å²) in [6, 6.07) is 10.1. The molecule has 1 aromatic carbocycles. The number of benzene rings is 1. The Labute approximate surface area is 218 Å². The van der Waals surface area contributed by atoms with Gasteiger partial charge in [-0.15, -0.1) is 0 Å². The van der Waals surface area contributed by atoms with E-state index in [4.69, 9.17) is 9.72 Å². The van der Waals surface area contributed by atoms with Gasteiger partial charge in [0.1, 0.15) is 21.4 Å². The van der Waals surface area contributed by atoms with E-state index in [-0.39, 0.29) is 11.9 Å².